The Morgan fingerprint density at radius 2 is 1.45 bits per heavy atom. The summed E-state index contributed by atoms with van der Waals surface area (Å²) in [7, 11) is 4.00. The first-order chi connectivity index (χ1) is 18.2. The van der Waals surface area contributed by atoms with Crippen LogP contribution < -0.4 is 10.3 Å². The van der Waals surface area contributed by atoms with Crippen LogP contribution in [-0.2, 0) is 9.47 Å². The van der Waals surface area contributed by atoms with Crippen molar-refractivity contribution in [2.75, 3.05) is 21.3 Å². The van der Waals surface area contributed by atoms with E-state index in [0.29, 0.717) is 28.4 Å². The number of esters is 2. The third-order valence-corrected chi connectivity index (χ3v) is 5.77. The van der Waals surface area contributed by atoms with E-state index >= 15 is 0 Å². The van der Waals surface area contributed by atoms with Crippen LogP contribution in [0, 0.1) is 5.82 Å². The van der Waals surface area contributed by atoms with Crippen molar-refractivity contribution in [3.05, 3.63) is 99.6 Å². The zero-order valence-electron chi connectivity index (χ0n) is 21.1. The molecule has 0 fully saturated rings. The maximum Gasteiger partial charge on any atom is 0.337 e. The van der Waals surface area contributed by atoms with Crippen LogP contribution in [-0.4, -0.2) is 48.8 Å². The largest absolute Gasteiger partial charge is 0.497 e. The third kappa shape index (κ3) is 5.24. The first-order valence-corrected chi connectivity index (χ1v) is 11.4. The van der Waals surface area contributed by atoms with E-state index in [-0.39, 0.29) is 22.4 Å². The molecule has 1 heterocycles. The fourth-order valence-corrected chi connectivity index (χ4v) is 3.91. The highest BCUT2D eigenvalue weighted by molar-refractivity contribution is 6.05. The first-order valence-electron chi connectivity index (χ1n) is 11.4. The zero-order chi connectivity index (χ0) is 27.4. The van der Waals surface area contributed by atoms with Gasteiger partial charge in [0.05, 0.1) is 60.8 Å². The second kappa shape index (κ2) is 11.0. The summed E-state index contributed by atoms with van der Waals surface area (Å²) in [6.07, 6.45) is 0. The van der Waals surface area contributed by atoms with Crippen molar-refractivity contribution in [1.82, 2.24) is 9.78 Å². The molecule has 9 nitrogen and oxygen atoms in total. The van der Waals surface area contributed by atoms with Gasteiger partial charge in [0.2, 0.25) is 0 Å². The summed E-state index contributed by atoms with van der Waals surface area (Å²) >= 11 is 0. The molecule has 4 aromatic rings. The van der Waals surface area contributed by atoms with E-state index in [2.05, 4.69) is 10.1 Å². The Morgan fingerprint density at radius 3 is 1.97 bits per heavy atom. The third-order valence-electron chi connectivity index (χ3n) is 5.77. The highest BCUT2D eigenvalue weighted by Gasteiger charge is 2.20. The molecule has 0 saturated heterocycles. The van der Waals surface area contributed by atoms with Crippen LogP contribution >= 0.6 is 0 Å². The van der Waals surface area contributed by atoms with Gasteiger partial charge in [-0.05, 0) is 73.7 Å². The molecule has 0 bridgehead atoms. The number of nitrogens with one attached hydrogen (secondary N) is 1. The Hall–Kier alpha value is -4.99. The van der Waals surface area contributed by atoms with Crippen molar-refractivity contribution in [2.24, 2.45) is 4.99 Å². The van der Waals surface area contributed by atoms with Gasteiger partial charge < -0.3 is 14.2 Å². The molecule has 38 heavy (non-hydrogen) atoms. The normalized spacial score (nSPS) is 11.2. The average molecular weight is 518 g/mol. The lowest BCUT2D eigenvalue weighted by Gasteiger charge is -2.07. The molecule has 0 aliphatic carbocycles. The minimum atomic E-state index is -0.663. The number of aromatic amines is 1. The predicted octanol–water partition coefficient (Wildman–Crippen LogP) is 4.69. The maximum absolute atomic E-state index is 13.6. The van der Waals surface area contributed by atoms with Gasteiger partial charge in [0.25, 0.3) is 5.56 Å². The molecule has 1 N–H and O–H groups in total. The number of carbonyl (C=O) groups excluding carboxylic acids is 2. The van der Waals surface area contributed by atoms with Crippen LogP contribution in [0.25, 0.3) is 16.9 Å². The van der Waals surface area contributed by atoms with Gasteiger partial charge >= 0.3 is 11.9 Å². The molecule has 194 valence electrons. The van der Waals surface area contributed by atoms with Crippen LogP contribution in [0.5, 0.6) is 5.75 Å². The topological polar surface area (TPSA) is 112 Å². The molecule has 0 saturated carbocycles. The predicted molar refractivity (Wildman–Crippen MR) is 139 cm³/mol. The number of hydrogen-bond donors (Lipinski definition) is 1. The van der Waals surface area contributed by atoms with E-state index < -0.39 is 23.3 Å². The number of aliphatic imine (C=N–C) groups is 1. The minimum Gasteiger partial charge on any atom is -0.497 e. The number of hydrogen-bond acceptors (Lipinski definition) is 7. The fraction of sp³-hybridized carbons (Fsp3) is 0.143. The molecule has 4 rings (SSSR count). The Bertz CT molecular complexity index is 1550. The van der Waals surface area contributed by atoms with Gasteiger partial charge in [-0.1, -0.05) is 0 Å². The van der Waals surface area contributed by atoms with Gasteiger partial charge in [0.1, 0.15) is 11.6 Å². The second-order valence-corrected chi connectivity index (χ2v) is 8.16. The number of H-pyrrole nitrogens is 1. The van der Waals surface area contributed by atoms with E-state index in [1.54, 1.807) is 38.3 Å². The smallest absolute Gasteiger partial charge is 0.337 e. The van der Waals surface area contributed by atoms with Crippen LogP contribution in [0.3, 0.4) is 0 Å². The van der Waals surface area contributed by atoms with Gasteiger partial charge in [-0.2, -0.15) is 0 Å². The standard InChI is InChI=1S/C28H24FN3O6/c1-16(30-21-14-18(27(34)37-3)13-19(15-21)28(35)38-4)24-25(17-5-11-23(36-2)12-6-17)31-32(26(24)33)22-9-7-20(29)8-10-22/h5-15,31H,1-4H3. The number of ether oxygens (including phenoxy) is 3. The Balaban J connectivity index is 1.91. The van der Waals surface area contributed by atoms with Crippen molar-refractivity contribution < 1.29 is 28.2 Å². The Labute approximate surface area is 217 Å². The molecule has 3 aromatic carbocycles. The molecule has 0 spiro atoms. The molecule has 0 aliphatic rings. The molecule has 0 aliphatic heterocycles. The van der Waals surface area contributed by atoms with Crippen LogP contribution in [0.4, 0.5) is 10.1 Å². The van der Waals surface area contributed by atoms with Crippen molar-refractivity contribution in [3.8, 4) is 22.7 Å². The van der Waals surface area contributed by atoms with Crippen molar-refractivity contribution >= 4 is 23.3 Å². The molecule has 0 radical (unpaired) electrons. The summed E-state index contributed by atoms with van der Waals surface area (Å²) in [6.45, 7) is 1.63. The van der Waals surface area contributed by atoms with Crippen molar-refractivity contribution in [3.63, 3.8) is 0 Å². The monoisotopic (exact) mass is 517 g/mol. The van der Waals surface area contributed by atoms with Crippen LogP contribution in [0.1, 0.15) is 33.2 Å². The van der Waals surface area contributed by atoms with Gasteiger partial charge in [-0.3, -0.25) is 14.9 Å². The van der Waals surface area contributed by atoms with E-state index in [1.165, 1.54) is 61.4 Å². The summed E-state index contributed by atoms with van der Waals surface area (Å²) in [4.78, 5) is 42.6. The summed E-state index contributed by atoms with van der Waals surface area (Å²) < 4.78 is 29.6. The number of rotatable bonds is 7. The number of benzene rings is 3. The Morgan fingerprint density at radius 1 is 0.868 bits per heavy atom. The lowest BCUT2D eigenvalue weighted by Crippen LogP contribution is -2.19. The molecular weight excluding hydrogens is 493 g/mol. The van der Waals surface area contributed by atoms with Crippen molar-refractivity contribution in [2.45, 2.75) is 6.92 Å². The number of nitrogens with zero attached hydrogens (tertiary/aromatic N) is 2. The van der Waals surface area contributed by atoms with Crippen LogP contribution in [0.2, 0.25) is 0 Å². The molecular formula is C28H24FN3O6. The van der Waals surface area contributed by atoms with E-state index in [0.717, 1.165) is 0 Å². The Kier molecular flexibility index (Phi) is 7.52. The molecule has 0 atom stereocenters. The lowest BCUT2D eigenvalue weighted by molar-refractivity contribution is 0.0599. The van der Waals surface area contributed by atoms with Gasteiger partial charge in [-0.25, -0.2) is 18.7 Å². The molecule has 0 amide bonds. The number of aromatic nitrogens is 2. The van der Waals surface area contributed by atoms with E-state index in [4.69, 9.17) is 14.2 Å². The highest BCUT2D eigenvalue weighted by atomic mass is 19.1. The van der Waals surface area contributed by atoms with Gasteiger partial charge in [0, 0.05) is 5.56 Å². The zero-order valence-corrected chi connectivity index (χ0v) is 21.1. The molecule has 0 unspecified atom stereocenters. The summed E-state index contributed by atoms with van der Waals surface area (Å²) in [6, 6.07) is 16.8. The quantitative estimate of drug-likeness (QED) is 0.281. The highest BCUT2D eigenvalue weighted by Crippen LogP contribution is 2.26. The lowest BCUT2D eigenvalue weighted by atomic mass is 10.0. The number of halogens is 1. The van der Waals surface area contributed by atoms with Gasteiger partial charge in [0.15, 0.2) is 0 Å². The summed E-state index contributed by atoms with van der Waals surface area (Å²) in [5.41, 5.74) is 2.09. The second-order valence-electron chi connectivity index (χ2n) is 8.16. The number of carbonyl (C=O) groups is 2. The summed E-state index contributed by atoms with van der Waals surface area (Å²) in [5, 5.41) is 3.10. The van der Waals surface area contributed by atoms with E-state index in [9.17, 15) is 18.8 Å². The molecule has 10 heteroatoms. The average Bonchev–Trinajstić information content (AvgIpc) is 3.29. The van der Waals surface area contributed by atoms with E-state index in [1.807, 2.05) is 0 Å². The van der Waals surface area contributed by atoms with Crippen molar-refractivity contribution in [1.29, 1.82) is 0 Å². The molecule has 1 aromatic heterocycles. The summed E-state index contributed by atoms with van der Waals surface area (Å²) in [5.74, 6) is -1.13. The maximum atomic E-state index is 13.6. The van der Waals surface area contributed by atoms with Gasteiger partial charge in [-0.15, -0.1) is 0 Å². The number of methoxy groups -OCH3 is 3. The first kappa shape index (κ1) is 26.1. The minimum absolute atomic E-state index is 0.0927. The fourth-order valence-electron chi connectivity index (χ4n) is 3.91. The SMILES string of the molecule is COC(=O)c1cc(N=C(C)c2c(-c3ccc(OC)cc3)[nH]n(-c3ccc(F)cc3)c2=O)cc(C(=O)OC)c1. The van der Waals surface area contributed by atoms with Crippen LogP contribution in [0.15, 0.2) is 76.5 Å².